The first-order valence-electron chi connectivity index (χ1n) is 10.4. The Kier molecular flexibility index (Phi) is 6.47. The average Bonchev–Trinajstić information content (AvgIpc) is 3.15. The fraction of sp³-hybridized carbons (Fsp3) is 0.409. The summed E-state index contributed by atoms with van der Waals surface area (Å²) in [5.74, 6) is 6.54. The Hall–Kier alpha value is -2.54. The van der Waals surface area contributed by atoms with Gasteiger partial charge in [0.25, 0.3) is 5.56 Å². The van der Waals surface area contributed by atoms with E-state index in [2.05, 4.69) is 32.7 Å². The zero-order valence-corrected chi connectivity index (χ0v) is 20.3. The highest BCUT2D eigenvalue weighted by atomic mass is 79.9. The molecule has 1 aliphatic rings. The summed E-state index contributed by atoms with van der Waals surface area (Å²) >= 11 is 9.51. The fourth-order valence-electron chi connectivity index (χ4n) is 4.06. The van der Waals surface area contributed by atoms with E-state index in [4.69, 9.17) is 22.3 Å². The lowest BCUT2D eigenvalue weighted by Gasteiger charge is -2.31. The molecule has 1 atom stereocenters. The number of imidazole rings is 1. The maximum atomic E-state index is 13.6. The van der Waals surface area contributed by atoms with Crippen LogP contribution in [0.3, 0.4) is 0 Å². The molecule has 0 saturated carbocycles. The highest BCUT2D eigenvalue weighted by molar-refractivity contribution is 9.10. The molecule has 4 rings (SSSR count). The number of halogens is 2. The third-order valence-corrected chi connectivity index (χ3v) is 6.68. The Morgan fingerprint density at radius 3 is 2.78 bits per heavy atom. The van der Waals surface area contributed by atoms with E-state index in [1.165, 1.54) is 9.13 Å². The molecule has 2 N–H and O–H groups in total. The van der Waals surface area contributed by atoms with Crippen molar-refractivity contribution in [3.05, 3.63) is 54.1 Å². The molecule has 0 aliphatic carbocycles. The van der Waals surface area contributed by atoms with Gasteiger partial charge in [0.05, 0.1) is 13.1 Å². The van der Waals surface area contributed by atoms with Crippen LogP contribution in [0.15, 0.2) is 32.3 Å². The van der Waals surface area contributed by atoms with E-state index in [0.717, 1.165) is 29.4 Å². The summed E-state index contributed by atoms with van der Waals surface area (Å²) in [5, 5.41) is 0.567. The van der Waals surface area contributed by atoms with Crippen LogP contribution in [0.5, 0.6) is 0 Å². The molecule has 1 aromatic carbocycles. The van der Waals surface area contributed by atoms with Crippen LogP contribution in [0.25, 0.3) is 11.2 Å². The van der Waals surface area contributed by atoms with Crippen molar-refractivity contribution in [1.29, 1.82) is 0 Å². The summed E-state index contributed by atoms with van der Waals surface area (Å²) < 4.78 is 5.18. The van der Waals surface area contributed by atoms with Gasteiger partial charge in [0.1, 0.15) is 0 Å². The van der Waals surface area contributed by atoms with Crippen molar-refractivity contribution in [2.45, 2.75) is 38.9 Å². The highest BCUT2D eigenvalue weighted by Crippen LogP contribution is 2.24. The third kappa shape index (κ3) is 4.10. The molecule has 32 heavy (non-hydrogen) atoms. The largest absolute Gasteiger partial charge is 0.341 e. The Morgan fingerprint density at radius 2 is 2.09 bits per heavy atom. The van der Waals surface area contributed by atoms with Crippen LogP contribution in [0.2, 0.25) is 5.02 Å². The molecule has 3 aromatic rings. The summed E-state index contributed by atoms with van der Waals surface area (Å²) in [4.78, 5) is 33.5. The normalized spacial score (nSPS) is 16.3. The molecule has 0 amide bonds. The zero-order chi connectivity index (χ0) is 23.0. The quantitative estimate of drug-likeness (QED) is 0.534. The van der Waals surface area contributed by atoms with Crippen LogP contribution in [0.4, 0.5) is 5.95 Å². The topological polar surface area (TPSA) is 91.1 Å². The third-order valence-electron chi connectivity index (χ3n) is 5.71. The smallest absolute Gasteiger partial charge is 0.332 e. The van der Waals surface area contributed by atoms with Gasteiger partial charge in [-0.25, -0.2) is 4.79 Å². The number of aryl methyl sites for hydroxylation is 1. The minimum atomic E-state index is -0.433. The summed E-state index contributed by atoms with van der Waals surface area (Å²) in [6.07, 6.45) is 1.89. The van der Waals surface area contributed by atoms with Crippen molar-refractivity contribution in [3.8, 4) is 11.8 Å². The molecular formula is C22H24BrClN6O2. The first kappa shape index (κ1) is 22.6. The van der Waals surface area contributed by atoms with Gasteiger partial charge in [-0.05, 0) is 37.5 Å². The molecule has 2 aromatic heterocycles. The van der Waals surface area contributed by atoms with Crippen molar-refractivity contribution in [2.75, 3.05) is 18.0 Å². The highest BCUT2D eigenvalue weighted by Gasteiger charge is 2.26. The number of benzene rings is 1. The molecule has 0 spiro atoms. The first-order valence-corrected chi connectivity index (χ1v) is 11.5. The lowest BCUT2D eigenvalue weighted by Crippen LogP contribution is -2.44. The number of fused-ring (bicyclic) bond motifs is 1. The first-order chi connectivity index (χ1) is 15.3. The minimum absolute atomic E-state index is 0.0389. The fourth-order valence-corrected chi connectivity index (χ4v) is 4.87. The van der Waals surface area contributed by atoms with Crippen LogP contribution in [-0.4, -0.2) is 37.8 Å². The molecule has 1 fully saturated rings. The van der Waals surface area contributed by atoms with E-state index in [9.17, 15) is 9.59 Å². The van der Waals surface area contributed by atoms with Crippen LogP contribution in [0.1, 0.15) is 25.3 Å². The van der Waals surface area contributed by atoms with Gasteiger partial charge in [0.2, 0.25) is 5.95 Å². The van der Waals surface area contributed by atoms with E-state index in [0.29, 0.717) is 35.2 Å². The minimum Gasteiger partial charge on any atom is -0.341 e. The van der Waals surface area contributed by atoms with Crippen LogP contribution in [0, 0.1) is 11.8 Å². The van der Waals surface area contributed by atoms with Crippen molar-refractivity contribution in [3.63, 3.8) is 0 Å². The second-order valence-electron chi connectivity index (χ2n) is 7.91. The van der Waals surface area contributed by atoms with Crippen LogP contribution >= 0.6 is 27.5 Å². The maximum absolute atomic E-state index is 13.6. The second kappa shape index (κ2) is 9.14. The molecule has 168 valence electrons. The molecule has 8 nitrogen and oxygen atoms in total. The number of rotatable bonds is 4. The number of nitrogens with zero attached hydrogens (tertiary/aromatic N) is 5. The van der Waals surface area contributed by atoms with E-state index >= 15 is 0 Å². The van der Waals surface area contributed by atoms with Crippen LogP contribution < -0.4 is 21.9 Å². The summed E-state index contributed by atoms with van der Waals surface area (Å²) in [6, 6.07) is 5.30. The van der Waals surface area contributed by atoms with Gasteiger partial charge in [0, 0.05) is 35.7 Å². The number of piperidine rings is 1. The summed E-state index contributed by atoms with van der Waals surface area (Å²) in [5.41, 5.74) is 6.83. The van der Waals surface area contributed by atoms with Gasteiger partial charge in [-0.15, -0.1) is 5.92 Å². The predicted molar refractivity (Wildman–Crippen MR) is 130 cm³/mol. The Labute approximate surface area is 198 Å². The average molecular weight is 520 g/mol. The molecule has 1 saturated heterocycles. The lowest BCUT2D eigenvalue weighted by atomic mass is 10.1. The molecule has 10 heteroatoms. The van der Waals surface area contributed by atoms with Crippen molar-refractivity contribution >= 4 is 44.6 Å². The van der Waals surface area contributed by atoms with Crippen molar-refractivity contribution in [1.82, 2.24) is 18.7 Å². The molecule has 0 radical (unpaired) electrons. The van der Waals surface area contributed by atoms with E-state index in [1.54, 1.807) is 36.7 Å². The number of anilines is 1. The van der Waals surface area contributed by atoms with Gasteiger partial charge >= 0.3 is 5.69 Å². The summed E-state index contributed by atoms with van der Waals surface area (Å²) in [6.45, 7) is 3.58. The van der Waals surface area contributed by atoms with E-state index < -0.39 is 11.2 Å². The maximum Gasteiger partial charge on any atom is 0.332 e. The van der Waals surface area contributed by atoms with Gasteiger partial charge in [-0.3, -0.25) is 18.5 Å². The zero-order valence-electron chi connectivity index (χ0n) is 17.9. The van der Waals surface area contributed by atoms with Crippen molar-refractivity contribution in [2.24, 2.45) is 12.8 Å². The predicted octanol–water partition coefficient (Wildman–Crippen LogP) is 2.31. The van der Waals surface area contributed by atoms with Crippen LogP contribution in [-0.2, 0) is 20.1 Å². The van der Waals surface area contributed by atoms with E-state index in [-0.39, 0.29) is 12.6 Å². The Balaban J connectivity index is 1.93. The molecular weight excluding hydrogens is 496 g/mol. The summed E-state index contributed by atoms with van der Waals surface area (Å²) in [7, 11) is 1.63. The molecule has 0 unspecified atom stereocenters. The number of hydrogen-bond donors (Lipinski definition) is 1. The molecule has 1 aliphatic heterocycles. The van der Waals surface area contributed by atoms with Crippen molar-refractivity contribution < 1.29 is 0 Å². The lowest BCUT2D eigenvalue weighted by molar-refractivity contribution is 0.496. The SMILES string of the molecule is CC#CCn1c(N2CCC[C@@H](N)C2)nc2c1c(=O)n(Cc1ccc(Cl)cc1Br)c(=O)n2C. The molecule has 0 bridgehead atoms. The Bertz CT molecular complexity index is 1360. The molecule has 3 heterocycles. The van der Waals surface area contributed by atoms with E-state index in [1.807, 2.05) is 0 Å². The second-order valence-corrected chi connectivity index (χ2v) is 9.20. The number of aromatic nitrogens is 4. The van der Waals surface area contributed by atoms with Gasteiger partial charge in [0.15, 0.2) is 11.2 Å². The Morgan fingerprint density at radius 1 is 1.31 bits per heavy atom. The standard InChI is InChI=1S/C22H24BrClN6O2/c1-3-4-10-29-18-19(26-21(29)28-9-5-6-16(25)13-28)27(2)22(32)30(20(18)31)12-14-7-8-15(24)11-17(14)23/h7-8,11,16H,5-6,9-10,12-13,25H2,1-2H3/t16-/m1/s1. The number of hydrogen-bond acceptors (Lipinski definition) is 5. The van der Waals surface area contributed by atoms with Gasteiger partial charge in [-0.2, -0.15) is 4.98 Å². The monoisotopic (exact) mass is 518 g/mol. The number of nitrogens with two attached hydrogens (primary N) is 1. The van der Waals surface area contributed by atoms with Gasteiger partial charge in [-0.1, -0.05) is 39.5 Å². The van der Waals surface area contributed by atoms with Gasteiger partial charge < -0.3 is 10.6 Å².